The molecule has 1 saturated heterocycles. The highest BCUT2D eigenvalue weighted by Gasteiger charge is 2.25. The van der Waals surface area contributed by atoms with Crippen LogP contribution >= 0.6 is 0 Å². The molecule has 0 bridgehead atoms. The van der Waals surface area contributed by atoms with Crippen molar-refractivity contribution in [3.05, 3.63) is 54.0 Å². The Kier molecular flexibility index (Phi) is 6.56. The van der Waals surface area contributed by atoms with Crippen LogP contribution in [0.4, 0.5) is 4.39 Å². The fraction of sp³-hybridized carbons (Fsp3) is 0.455. The van der Waals surface area contributed by atoms with Crippen LogP contribution in [0.2, 0.25) is 0 Å². The summed E-state index contributed by atoms with van der Waals surface area (Å²) in [7, 11) is 0. The molecule has 0 unspecified atom stereocenters. The van der Waals surface area contributed by atoms with E-state index >= 15 is 0 Å². The van der Waals surface area contributed by atoms with Gasteiger partial charge in [-0.1, -0.05) is 18.2 Å². The first-order valence-electron chi connectivity index (χ1n) is 9.84. The van der Waals surface area contributed by atoms with Gasteiger partial charge in [-0.15, -0.1) is 0 Å². The Balaban J connectivity index is 1.72. The van der Waals surface area contributed by atoms with E-state index in [1.165, 1.54) is 6.07 Å². The van der Waals surface area contributed by atoms with Crippen LogP contribution < -0.4 is 0 Å². The maximum atomic E-state index is 14.1. The maximum Gasteiger partial charge on any atom is 0.236 e. The third kappa shape index (κ3) is 4.72. The van der Waals surface area contributed by atoms with Crippen LogP contribution in [-0.2, 0) is 4.79 Å². The summed E-state index contributed by atoms with van der Waals surface area (Å²) in [6, 6.07) is 12.6. The molecule has 144 valence electrons. The van der Waals surface area contributed by atoms with E-state index in [9.17, 15) is 9.18 Å². The Morgan fingerprint density at radius 1 is 1.19 bits per heavy atom. The van der Waals surface area contributed by atoms with Crippen molar-refractivity contribution in [1.82, 2.24) is 14.8 Å². The van der Waals surface area contributed by atoms with Gasteiger partial charge in [0, 0.05) is 36.8 Å². The number of likely N-dealkylation sites (N-methyl/N-ethyl adjacent to an activating group) is 1. The third-order valence-electron chi connectivity index (χ3n) is 5.32. The molecule has 2 aromatic rings. The number of carbonyl (C=O) groups excluding carboxylic acids is 1. The van der Waals surface area contributed by atoms with Crippen molar-refractivity contribution in [1.29, 1.82) is 0 Å². The lowest BCUT2D eigenvalue weighted by Crippen LogP contribution is -2.43. The number of hydrogen-bond donors (Lipinski definition) is 0. The number of piperidine rings is 1. The van der Waals surface area contributed by atoms with Gasteiger partial charge in [-0.25, -0.2) is 4.39 Å². The van der Waals surface area contributed by atoms with Gasteiger partial charge < -0.3 is 4.90 Å². The highest BCUT2D eigenvalue weighted by atomic mass is 19.1. The van der Waals surface area contributed by atoms with Gasteiger partial charge in [0.1, 0.15) is 5.82 Å². The zero-order chi connectivity index (χ0) is 19.2. The fourth-order valence-corrected chi connectivity index (χ4v) is 3.81. The molecule has 1 aromatic carbocycles. The average molecular weight is 369 g/mol. The second-order valence-electron chi connectivity index (χ2n) is 7.07. The van der Waals surface area contributed by atoms with Gasteiger partial charge in [-0.2, -0.15) is 0 Å². The van der Waals surface area contributed by atoms with E-state index in [-0.39, 0.29) is 17.6 Å². The number of likely N-dealkylation sites (tertiary alicyclic amines) is 1. The van der Waals surface area contributed by atoms with Gasteiger partial charge in [-0.05, 0) is 57.5 Å². The van der Waals surface area contributed by atoms with Crippen molar-refractivity contribution < 1.29 is 9.18 Å². The van der Waals surface area contributed by atoms with E-state index in [1.54, 1.807) is 12.1 Å². The fourth-order valence-electron chi connectivity index (χ4n) is 3.81. The average Bonchev–Trinajstić information content (AvgIpc) is 2.69. The minimum Gasteiger partial charge on any atom is -0.342 e. The smallest absolute Gasteiger partial charge is 0.236 e. The van der Waals surface area contributed by atoms with Gasteiger partial charge >= 0.3 is 0 Å². The summed E-state index contributed by atoms with van der Waals surface area (Å²) >= 11 is 0. The Labute approximate surface area is 161 Å². The van der Waals surface area contributed by atoms with E-state index in [4.69, 9.17) is 4.98 Å². The summed E-state index contributed by atoms with van der Waals surface area (Å²) < 4.78 is 14.1. The molecule has 1 fully saturated rings. The third-order valence-corrected chi connectivity index (χ3v) is 5.32. The second-order valence-corrected chi connectivity index (χ2v) is 7.07. The predicted octanol–water partition coefficient (Wildman–Crippen LogP) is 3.94. The quantitative estimate of drug-likeness (QED) is 0.774. The molecule has 3 rings (SSSR count). The summed E-state index contributed by atoms with van der Waals surface area (Å²) in [6.07, 6.45) is 2.09. The minimum absolute atomic E-state index is 0.189. The van der Waals surface area contributed by atoms with Crippen LogP contribution in [-0.4, -0.2) is 53.4 Å². The number of pyridine rings is 1. The lowest BCUT2D eigenvalue weighted by molar-refractivity contribution is -0.132. The molecule has 0 aliphatic carbocycles. The largest absolute Gasteiger partial charge is 0.342 e. The van der Waals surface area contributed by atoms with Crippen LogP contribution in [0, 0.1) is 5.82 Å². The van der Waals surface area contributed by atoms with E-state index in [0.29, 0.717) is 17.8 Å². The molecule has 0 spiro atoms. The monoisotopic (exact) mass is 369 g/mol. The molecule has 0 N–H and O–H groups in total. The predicted molar refractivity (Wildman–Crippen MR) is 106 cm³/mol. The summed E-state index contributed by atoms with van der Waals surface area (Å²) in [5, 5.41) is 0. The first-order valence-corrected chi connectivity index (χ1v) is 9.84. The molecule has 1 amide bonds. The van der Waals surface area contributed by atoms with Crippen molar-refractivity contribution in [2.24, 2.45) is 0 Å². The molecule has 5 heteroatoms. The summed E-state index contributed by atoms with van der Waals surface area (Å²) in [5.74, 6) is 0.209. The molecule has 27 heavy (non-hydrogen) atoms. The summed E-state index contributed by atoms with van der Waals surface area (Å²) in [4.78, 5) is 21.3. The molecular weight excluding hydrogens is 341 g/mol. The molecule has 1 atom stereocenters. The first kappa shape index (κ1) is 19.5. The number of amides is 1. The number of carbonyl (C=O) groups is 1. The van der Waals surface area contributed by atoms with E-state index < -0.39 is 0 Å². The number of halogens is 1. The number of hydrogen-bond acceptors (Lipinski definition) is 3. The minimum atomic E-state index is -0.253. The SMILES string of the molecule is CCN(CC)C(=O)CN1CCC[C@H](c2cccc(-c3ccccc3F)n2)C1. The number of aromatic nitrogens is 1. The number of benzene rings is 1. The summed E-state index contributed by atoms with van der Waals surface area (Å²) in [6.45, 7) is 7.75. The van der Waals surface area contributed by atoms with Crippen LogP contribution in [0.15, 0.2) is 42.5 Å². The van der Waals surface area contributed by atoms with Gasteiger partial charge in [0.25, 0.3) is 0 Å². The Morgan fingerprint density at radius 2 is 1.96 bits per heavy atom. The highest BCUT2D eigenvalue weighted by Crippen LogP contribution is 2.28. The number of nitrogens with zero attached hydrogens (tertiary/aromatic N) is 3. The molecule has 2 heterocycles. The van der Waals surface area contributed by atoms with Gasteiger partial charge in [0.05, 0.1) is 12.2 Å². The lowest BCUT2D eigenvalue weighted by Gasteiger charge is -2.33. The summed E-state index contributed by atoms with van der Waals surface area (Å²) in [5.41, 5.74) is 2.18. The Morgan fingerprint density at radius 3 is 2.70 bits per heavy atom. The maximum absolute atomic E-state index is 14.1. The lowest BCUT2D eigenvalue weighted by atomic mass is 9.93. The topological polar surface area (TPSA) is 36.4 Å². The van der Waals surface area contributed by atoms with Crippen molar-refractivity contribution in [2.45, 2.75) is 32.6 Å². The van der Waals surface area contributed by atoms with Gasteiger partial charge in [-0.3, -0.25) is 14.7 Å². The van der Waals surface area contributed by atoms with Crippen LogP contribution in [0.5, 0.6) is 0 Å². The second kappa shape index (κ2) is 9.09. The molecule has 4 nitrogen and oxygen atoms in total. The molecule has 1 aromatic heterocycles. The highest BCUT2D eigenvalue weighted by molar-refractivity contribution is 5.78. The molecular formula is C22H28FN3O. The Bertz CT molecular complexity index is 776. The Hall–Kier alpha value is -2.27. The first-order chi connectivity index (χ1) is 13.1. The van der Waals surface area contributed by atoms with E-state index in [1.807, 2.05) is 43.0 Å². The van der Waals surface area contributed by atoms with E-state index in [0.717, 1.165) is 44.7 Å². The van der Waals surface area contributed by atoms with Gasteiger partial charge in [0.15, 0.2) is 0 Å². The van der Waals surface area contributed by atoms with Crippen molar-refractivity contribution >= 4 is 5.91 Å². The van der Waals surface area contributed by atoms with Crippen LogP contribution in [0.1, 0.15) is 38.3 Å². The normalized spacial score (nSPS) is 17.7. The van der Waals surface area contributed by atoms with Gasteiger partial charge in [0.2, 0.25) is 5.91 Å². The molecule has 1 aliphatic heterocycles. The molecule has 1 aliphatic rings. The zero-order valence-electron chi connectivity index (χ0n) is 16.2. The molecule has 0 saturated carbocycles. The van der Waals surface area contributed by atoms with E-state index in [2.05, 4.69) is 4.90 Å². The standard InChI is InChI=1S/C22H28FN3O/c1-3-26(4-2)22(27)16-25-14-8-9-17(15-25)20-12-7-13-21(24-20)18-10-5-6-11-19(18)23/h5-7,10-13,17H,3-4,8-9,14-16H2,1-2H3/t17-/m0/s1. The molecule has 0 radical (unpaired) electrons. The van der Waals surface area contributed by atoms with Crippen molar-refractivity contribution in [3.8, 4) is 11.3 Å². The van der Waals surface area contributed by atoms with Crippen LogP contribution in [0.25, 0.3) is 11.3 Å². The van der Waals surface area contributed by atoms with Crippen LogP contribution in [0.3, 0.4) is 0 Å². The van der Waals surface area contributed by atoms with Crippen molar-refractivity contribution in [3.63, 3.8) is 0 Å². The zero-order valence-corrected chi connectivity index (χ0v) is 16.2. The number of rotatable bonds is 6. The van der Waals surface area contributed by atoms with Crippen molar-refractivity contribution in [2.75, 3.05) is 32.7 Å².